The Hall–Kier alpha value is -3.14. The molecule has 29 heavy (non-hydrogen) atoms. The van der Waals surface area contributed by atoms with Crippen LogP contribution in [0.1, 0.15) is 11.1 Å². The molecule has 2 aromatic rings. The van der Waals surface area contributed by atoms with E-state index in [0.717, 1.165) is 11.1 Å². The molecule has 0 N–H and O–H groups in total. The van der Waals surface area contributed by atoms with Crippen molar-refractivity contribution in [2.24, 2.45) is 0 Å². The van der Waals surface area contributed by atoms with Crippen LogP contribution in [0.4, 0.5) is 0 Å². The van der Waals surface area contributed by atoms with Crippen molar-refractivity contribution in [3.8, 4) is 12.3 Å². The maximum atomic E-state index is 12.9. The number of hydrogen-bond acceptors (Lipinski definition) is 4. The highest BCUT2D eigenvalue weighted by Gasteiger charge is 2.22. The van der Waals surface area contributed by atoms with E-state index >= 15 is 0 Å². The zero-order chi connectivity index (χ0) is 21.3. The van der Waals surface area contributed by atoms with Gasteiger partial charge in [-0.15, -0.1) is 6.42 Å². The molecular formula is C23H23NO4S. The smallest absolute Gasteiger partial charge is 0.331 e. The van der Waals surface area contributed by atoms with Crippen LogP contribution in [-0.2, 0) is 19.6 Å². The highest BCUT2D eigenvalue weighted by Crippen LogP contribution is 2.18. The van der Waals surface area contributed by atoms with Crippen LogP contribution in [0, 0.1) is 19.3 Å². The topological polar surface area (TPSA) is 63.7 Å². The monoisotopic (exact) mass is 409 g/mol. The van der Waals surface area contributed by atoms with Crippen molar-refractivity contribution in [1.29, 1.82) is 0 Å². The molecular weight excluding hydrogens is 386 g/mol. The first-order valence-corrected chi connectivity index (χ1v) is 10.3. The number of allylic oxidation sites excluding steroid dienone is 2. The van der Waals surface area contributed by atoms with Crippen molar-refractivity contribution in [2.45, 2.75) is 11.8 Å². The summed E-state index contributed by atoms with van der Waals surface area (Å²) < 4.78 is 31.7. The highest BCUT2D eigenvalue weighted by molar-refractivity contribution is 7.89. The molecule has 0 heterocycles. The molecule has 0 fully saturated rings. The number of rotatable bonds is 8. The van der Waals surface area contributed by atoms with E-state index in [1.165, 1.54) is 17.5 Å². The number of ether oxygens (including phenoxy) is 1. The van der Waals surface area contributed by atoms with Crippen LogP contribution in [-0.4, -0.2) is 38.9 Å². The fourth-order valence-corrected chi connectivity index (χ4v) is 3.86. The van der Waals surface area contributed by atoms with E-state index in [0.29, 0.717) is 5.57 Å². The lowest BCUT2D eigenvalue weighted by atomic mass is 10.1. The molecule has 0 aliphatic heterocycles. The van der Waals surface area contributed by atoms with Crippen LogP contribution in [0.3, 0.4) is 0 Å². The van der Waals surface area contributed by atoms with E-state index in [9.17, 15) is 13.2 Å². The lowest BCUT2D eigenvalue weighted by Crippen LogP contribution is -2.31. The second kappa shape index (κ2) is 10.4. The molecule has 0 saturated heterocycles. The number of nitrogens with zero attached hydrogens (tertiary/aromatic N) is 1. The van der Waals surface area contributed by atoms with Gasteiger partial charge in [0.15, 0.2) is 0 Å². The Balaban J connectivity index is 2.28. The summed E-state index contributed by atoms with van der Waals surface area (Å²) in [6, 6.07) is 15.9. The molecule has 0 aliphatic rings. The summed E-state index contributed by atoms with van der Waals surface area (Å²) >= 11 is 0. The summed E-state index contributed by atoms with van der Waals surface area (Å²) in [5.74, 6) is 1.89. The zero-order valence-corrected chi connectivity index (χ0v) is 17.2. The second-order valence-electron chi connectivity index (χ2n) is 6.21. The number of terminal acetylenes is 1. The van der Waals surface area contributed by atoms with E-state index in [1.54, 1.807) is 36.4 Å². The van der Waals surface area contributed by atoms with E-state index in [-0.39, 0.29) is 18.0 Å². The molecule has 0 aromatic heterocycles. The summed E-state index contributed by atoms with van der Waals surface area (Å²) in [6.07, 6.45) is 10.1. The van der Waals surface area contributed by atoms with Gasteiger partial charge >= 0.3 is 5.97 Å². The fourth-order valence-electron chi connectivity index (χ4n) is 2.55. The van der Waals surface area contributed by atoms with Crippen LogP contribution in [0.25, 0.3) is 5.57 Å². The average molecular weight is 410 g/mol. The minimum absolute atomic E-state index is 0.0613. The normalized spacial score (nSPS) is 12.1. The van der Waals surface area contributed by atoms with E-state index < -0.39 is 16.0 Å². The van der Waals surface area contributed by atoms with Crippen LogP contribution in [0.2, 0.25) is 0 Å². The van der Waals surface area contributed by atoms with Crippen LogP contribution in [0.5, 0.6) is 0 Å². The molecule has 0 radical (unpaired) electrons. The summed E-state index contributed by atoms with van der Waals surface area (Å²) in [5.41, 5.74) is 2.37. The zero-order valence-electron chi connectivity index (χ0n) is 16.4. The Morgan fingerprint density at radius 2 is 1.79 bits per heavy atom. The van der Waals surface area contributed by atoms with Crippen LogP contribution < -0.4 is 0 Å². The molecule has 0 atom stereocenters. The molecule has 150 valence electrons. The maximum absolute atomic E-state index is 12.9. The number of hydrogen-bond donors (Lipinski definition) is 0. The SMILES string of the molecule is C#CCN(C/C=C/C(=C\C(=O)OC)c1ccccc1)S(=O)(=O)c1ccc(C)cc1. The first-order valence-electron chi connectivity index (χ1n) is 8.90. The van der Waals surface area contributed by atoms with Gasteiger partial charge in [0, 0.05) is 12.6 Å². The van der Waals surface area contributed by atoms with Crippen LogP contribution in [0.15, 0.2) is 77.7 Å². The van der Waals surface area contributed by atoms with Crippen LogP contribution >= 0.6 is 0 Å². The molecule has 0 saturated carbocycles. The maximum Gasteiger partial charge on any atom is 0.331 e. The Morgan fingerprint density at radius 3 is 2.38 bits per heavy atom. The van der Waals surface area contributed by atoms with Crippen molar-refractivity contribution in [3.63, 3.8) is 0 Å². The number of carbonyl (C=O) groups excluding carboxylic acids is 1. The molecule has 6 heteroatoms. The molecule has 0 amide bonds. The van der Waals surface area contributed by atoms with Crippen molar-refractivity contribution >= 4 is 21.6 Å². The van der Waals surface area contributed by atoms with Crippen molar-refractivity contribution in [3.05, 3.63) is 84.0 Å². The van der Waals surface area contributed by atoms with E-state index in [4.69, 9.17) is 11.2 Å². The molecule has 2 rings (SSSR count). The van der Waals surface area contributed by atoms with Gasteiger partial charge in [-0.3, -0.25) is 0 Å². The first kappa shape index (κ1) is 22.2. The lowest BCUT2D eigenvalue weighted by Gasteiger charge is -2.18. The summed E-state index contributed by atoms with van der Waals surface area (Å²) in [5, 5.41) is 0. The van der Waals surface area contributed by atoms with Gasteiger partial charge < -0.3 is 4.74 Å². The Labute approximate surface area is 172 Å². The summed E-state index contributed by atoms with van der Waals surface area (Å²) in [6.45, 7) is 1.88. The third-order valence-electron chi connectivity index (χ3n) is 4.11. The van der Waals surface area contributed by atoms with Gasteiger partial charge in [0.2, 0.25) is 10.0 Å². The van der Waals surface area contributed by atoms with Gasteiger partial charge in [-0.1, -0.05) is 66.1 Å². The Kier molecular flexibility index (Phi) is 7.96. The average Bonchev–Trinajstić information content (AvgIpc) is 2.73. The van der Waals surface area contributed by atoms with Gasteiger partial charge in [-0.05, 0) is 30.2 Å². The number of carbonyl (C=O) groups is 1. The third kappa shape index (κ3) is 6.18. The minimum atomic E-state index is -3.74. The summed E-state index contributed by atoms with van der Waals surface area (Å²) in [4.78, 5) is 11.9. The quantitative estimate of drug-likeness (QED) is 0.290. The number of aryl methyl sites for hydroxylation is 1. The van der Waals surface area contributed by atoms with Gasteiger partial charge in [0.05, 0.1) is 18.6 Å². The molecule has 0 unspecified atom stereocenters. The highest BCUT2D eigenvalue weighted by atomic mass is 32.2. The third-order valence-corrected chi connectivity index (χ3v) is 5.94. The predicted molar refractivity (Wildman–Crippen MR) is 114 cm³/mol. The van der Waals surface area contributed by atoms with Crippen molar-refractivity contribution in [1.82, 2.24) is 4.31 Å². The predicted octanol–water partition coefficient (Wildman–Crippen LogP) is 3.43. The van der Waals surface area contributed by atoms with Gasteiger partial charge in [-0.25, -0.2) is 13.2 Å². The minimum Gasteiger partial charge on any atom is -0.466 e. The Morgan fingerprint density at radius 1 is 1.14 bits per heavy atom. The molecule has 0 aliphatic carbocycles. The van der Waals surface area contributed by atoms with E-state index in [1.807, 2.05) is 37.3 Å². The van der Waals surface area contributed by atoms with Crippen molar-refractivity contribution in [2.75, 3.05) is 20.2 Å². The number of esters is 1. The number of benzene rings is 2. The fraction of sp³-hybridized carbons (Fsp3) is 0.174. The van der Waals surface area contributed by atoms with Gasteiger partial charge in [0.1, 0.15) is 0 Å². The molecule has 5 nitrogen and oxygen atoms in total. The molecule has 0 bridgehead atoms. The Bertz CT molecular complexity index is 1030. The second-order valence-corrected chi connectivity index (χ2v) is 8.14. The van der Waals surface area contributed by atoms with Gasteiger partial charge in [-0.2, -0.15) is 4.31 Å². The number of methoxy groups -OCH3 is 1. The molecule has 0 spiro atoms. The summed E-state index contributed by atoms with van der Waals surface area (Å²) in [7, 11) is -2.44. The molecule has 2 aromatic carbocycles. The number of sulfonamides is 1. The first-order chi connectivity index (χ1) is 13.9. The van der Waals surface area contributed by atoms with E-state index in [2.05, 4.69) is 5.92 Å². The largest absolute Gasteiger partial charge is 0.466 e. The van der Waals surface area contributed by atoms with Crippen molar-refractivity contribution < 1.29 is 17.9 Å². The standard InChI is InChI=1S/C23H23NO4S/c1-4-16-24(29(26,27)22-14-12-19(2)13-15-22)17-8-11-21(18-23(25)28-3)20-9-6-5-7-10-20/h1,5-15,18H,16-17H2,2-3H3/b11-8+,21-18+. The lowest BCUT2D eigenvalue weighted by molar-refractivity contribution is -0.134. The van der Waals surface area contributed by atoms with Gasteiger partial charge in [0.25, 0.3) is 0 Å².